The molecular weight excluding hydrogens is 246 g/mol. The molecule has 0 aliphatic heterocycles. The minimum absolute atomic E-state index is 0.305. The molecule has 1 aromatic carbocycles. The second kappa shape index (κ2) is 6.27. The fourth-order valence-electron chi connectivity index (χ4n) is 2.82. The maximum Gasteiger partial charge on any atom is 0.106 e. The summed E-state index contributed by atoms with van der Waals surface area (Å²) < 4.78 is 5.76. The largest absolute Gasteiger partial charge is 0.466 e. The first kappa shape index (κ1) is 14.9. The summed E-state index contributed by atoms with van der Waals surface area (Å²) in [6.45, 7) is 8.42. The summed E-state index contributed by atoms with van der Waals surface area (Å²) in [5.41, 5.74) is 5.33. The number of rotatable bonds is 5. The van der Waals surface area contributed by atoms with Crippen molar-refractivity contribution in [1.29, 1.82) is 0 Å². The number of hydrogen-bond donors (Lipinski definition) is 1. The van der Waals surface area contributed by atoms with Crippen LogP contribution in [0.5, 0.6) is 0 Å². The van der Waals surface area contributed by atoms with Gasteiger partial charge in [-0.1, -0.05) is 31.2 Å². The standard InChI is InChI=1S/C18H25NO/c1-6-15-7-9-16(10-8-15)11-17(19-5)18-12(2)13(3)20-14(18)4/h7-10,17,19H,6,11H2,1-5H3. The number of furan rings is 1. The Morgan fingerprint density at radius 3 is 2.05 bits per heavy atom. The Bertz CT molecular complexity index is 566. The van der Waals surface area contributed by atoms with Crippen molar-refractivity contribution in [2.24, 2.45) is 0 Å². The van der Waals surface area contributed by atoms with Crippen LogP contribution in [0.25, 0.3) is 0 Å². The SMILES string of the molecule is CCc1ccc(CC(NC)c2c(C)oc(C)c2C)cc1. The number of likely N-dealkylation sites (N-methyl/N-ethyl adjacent to an activating group) is 1. The van der Waals surface area contributed by atoms with Gasteiger partial charge in [0.25, 0.3) is 0 Å². The zero-order valence-corrected chi connectivity index (χ0v) is 13.2. The Kier molecular flexibility index (Phi) is 4.66. The van der Waals surface area contributed by atoms with E-state index in [1.807, 2.05) is 14.0 Å². The van der Waals surface area contributed by atoms with Crippen LogP contribution in [-0.2, 0) is 12.8 Å². The van der Waals surface area contributed by atoms with Gasteiger partial charge in [0.2, 0.25) is 0 Å². The monoisotopic (exact) mass is 271 g/mol. The molecule has 0 bridgehead atoms. The van der Waals surface area contributed by atoms with Gasteiger partial charge in [-0.05, 0) is 57.4 Å². The Hall–Kier alpha value is -1.54. The molecule has 108 valence electrons. The summed E-state index contributed by atoms with van der Waals surface area (Å²) >= 11 is 0. The average molecular weight is 271 g/mol. The number of nitrogens with one attached hydrogen (secondary N) is 1. The van der Waals surface area contributed by atoms with Crippen LogP contribution in [0.2, 0.25) is 0 Å². The zero-order chi connectivity index (χ0) is 14.7. The first-order valence-corrected chi connectivity index (χ1v) is 7.38. The molecule has 0 spiro atoms. The Morgan fingerprint density at radius 2 is 1.60 bits per heavy atom. The van der Waals surface area contributed by atoms with Gasteiger partial charge in [0.1, 0.15) is 11.5 Å². The summed E-state index contributed by atoms with van der Waals surface area (Å²) in [4.78, 5) is 0. The molecule has 2 nitrogen and oxygen atoms in total. The quantitative estimate of drug-likeness (QED) is 0.878. The lowest BCUT2D eigenvalue weighted by Crippen LogP contribution is -2.20. The third kappa shape index (κ3) is 2.96. The fourth-order valence-corrected chi connectivity index (χ4v) is 2.82. The molecule has 1 N–H and O–H groups in total. The summed E-state index contributed by atoms with van der Waals surface area (Å²) in [5, 5.41) is 3.43. The average Bonchev–Trinajstić information content (AvgIpc) is 2.71. The van der Waals surface area contributed by atoms with Crippen LogP contribution in [-0.4, -0.2) is 7.05 Å². The highest BCUT2D eigenvalue weighted by molar-refractivity contribution is 5.36. The van der Waals surface area contributed by atoms with Crippen molar-refractivity contribution in [2.75, 3.05) is 7.05 Å². The van der Waals surface area contributed by atoms with Crippen LogP contribution >= 0.6 is 0 Å². The van der Waals surface area contributed by atoms with Crippen LogP contribution in [0.4, 0.5) is 0 Å². The van der Waals surface area contributed by atoms with E-state index in [1.54, 1.807) is 0 Å². The van der Waals surface area contributed by atoms with Crippen molar-refractivity contribution in [3.8, 4) is 0 Å². The normalized spacial score (nSPS) is 12.7. The van der Waals surface area contributed by atoms with E-state index in [2.05, 4.69) is 50.4 Å². The maximum atomic E-state index is 5.76. The van der Waals surface area contributed by atoms with E-state index in [0.29, 0.717) is 6.04 Å². The van der Waals surface area contributed by atoms with E-state index >= 15 is 0 Å². The van der Waals surface area contributed by atoms with Crippen molar-refractivity contribution in [3.05, 3.63) is 58.0 Å². The third-order valence-electron chi connectivity index (χ3n) is 4.19. The molecule has 1 aromatic heterocycles. The van der Waals surface area contributed by atoms with Gasteiger partial charge in [0.05, 0.1) is 0 Å². The molecule has 0 aliphatic carbocycles. The molecule has 2 aromatic rings. The van der Waals surface area contributed by atoms with E-state index in [9.17, 15) is 0 Å². The fraction of sp³-hybridized carbons (Fsp3) is 0.444. The third-order valence-corrected chi connectivity index (χ3v) is 4.19. The van der Waals surface area contributed by atoms with Gasteiger partial charge in [-0.2, -0.15) is 0 Å². The molecule has 0 saturated carbocycles. The number of benzene rings is 1. The Labute approximate surface area is 122 Å². The minimum Gasteiger partial charge on any atom is -0.466 e. The Balaban J connectivity index is 2.24. The van der Waals surface area contributed by atoms with Crippen LogP contribution in [0, 0.1) is 20.8 Å². The predicted molar refractivity (Wildman–Crippen MR) is 84.2 cm³/mol. The molecule has 1 atom stereocenters. The van der Waals surface area contributed by atoms with Gasteiger partial charge in [-0.3, -0.25) is 0 Å². The topological polar surface area (TPSA) is 25.2 Å². The summed E-state index contributed by atoms with van der Waals surface area (Å²) in [6.07, 6.45) is 2.08. The van der Waals surface area contributed by atoms with Crippen molar-refractivity contribution < 1.29 is 4.42 Å². The van der Waals surface area contributed by atoms with Gasteiger partial charge < -0.3 is 9.73 Å². The first-order chi connectivity index (χ1) is 9.56. The van der Waals surface area contributed by atoms with Gasteiger partial charge in [-0.15, -0.1) is 0 Å². The van der Waals surface area contributed by atoms with Gasteiger partial charge in [-0.25, -0.2) is 0 Å². The zero-order valence-electron chi connectivity index (χ0n) is 13.2. The number of hydrogen-bond acceptors (Lipinski definition) is 2. The Morgan fingerprint density at radius 1 is 1.00 bits per heavy atom. The van der Waals surface area contributed by atoms with Crippen LogP contribution < -0.4 is 5.32 Å². The van der Waals surface area contributed by atoms with Crippen molar-refractivity contribution in [2.45, 2.75) is 46.6 Å². The maximum absolute atomic E-state index is 5.76. The molecule has 0 amide bonds. The second-order valence-electron chi connectivity index (χ2n) is 5.47. The van der Waals surface area contributed by atoms with E-state index in [-0.39, 0.29) is 0 Å². The molecular formula is C18H25NO. The van der Waals surface area contributed by atoms with Crippen molar-refractivity contribution in [1.82, 2.24) is 5.32 Å². The molecule has 1 heterocycles. The summed E-state index contributed by atoms with van der Waals surface area (Å²) in [7, 11) is 2.02. The molecule has 0 radical (unpaired) electrons. The van der Waals surface area contributed by atoms with Crippen LogP contribution in [0.1, 0.15) is 46.7 Å². The lowest BCUT2D eigenvalue weighted by Gasteiger charge is -2.17. The molecule has 0 fully saturated rings. The second-order valence-corrected chi connectivity index (χ2v) is 5.47. The summed E-state index contributed by atoms with van der Waals surface area (Å²) in [5.74, 6) is 2.06. The predicted octanol–water partition coefficient (Wildman–Crippen LogP) is 4.27. The van der Waals surface area contributed by atoms with E-state index in [4.69, 9.17) is 4.42 Å². The molecule has 1 unspecified atom stereocenters. The lowest BCUT2D eigenvalue weighted by molar-refractivity contribution is 0.489. The highest BCUT2D eigenvalue weighted by Gasteiger charge is 2.20. The highest BCUT2D eigenvalue weighted by Crippen LogP contribution is 2.29. The van der Waals surface area contributed by atoms with Crippen LogP contribution in [0.3, 0.4) is 0 Å². The number of aryl methyl sites for hydroxylation is 3. The van der Waals surface area contributed by atoms with E-state index in [1.165, 1.54) is 22.3 Å². The van der Waals surface area contributed by atoms with Gasteiger partial charge >= 0.3 is 0 Å². The molecule has 20 heavy (non-hydrogen) atoms. The van der Waals surface area contributed by atoms with E-state index < -0.39 is 0 Å². The minimum atomic E-state index is 0.305. The molecule has 0 saturated heterocycles. The van der Waals surface area contributed by atoms with Gasteiger partial charge in [0.15, 0.2) is 0 Å². The summed E-state index contributed by atoms with van der Waals surface area (Å²) in [6, 6.07) is 9.23. The molecule has 2 heteroatoms. The smallest absolute Gasteiger partial charge is 0.106 e. The molecule has 2 rings (SSSR count). The first-order valence-electron chi connectivity index (χ1n) is 7.38. The highest BCUT2D eigenvalue weighted by atomic mass is 16.3. The van der Waals surface area contributed by atoms with Crippen molar-refractivity contribution >= 4 is 0 Å². The van der Waals surface area contributed by atoms with Crippen LogP contribution in [0.15, 0.2) is 28.7 Å². The lowest BCUT2D eigenvalue weighted by atomic mass is 9.95. The van der Waals surface area contributed by atoms with Gasteiger partial charge in [0, 0.05) is 11.6 Å². The van der Waals surface area contributed by atoms with E-state index in [0.717, 1.165) is 24.4 Å². The van der Waals surface area contributed by atoms with Crippen molar-refractivity contribution in [3.63, 3.8) is 0 Å². The molecule has 0 aliphatic rings.